The van der Waals surface area contributed by atoms with Crippen LogP contribution in [0.3, 0.4) is 0 Å². The molecule has 0 unspecified atom stereocenters. The fourth-order valence-corrected chi connectivity index (χ4v) is 4.19. The van der Waals surface area contributed by atoms with Crippen LogP contribution in [0.15, 0.2) is 69.6 Å². The topological polar surface area (TPSA) is 73.1 Å². The summed E-state index contributed by atoms with van der Waals surface area (Å²) in [6, 6.07) is 15.4. The third-order valence-electron chi connectivity index (χ3n) is 5.02. The van der Waals surface area contributed by atoms with E-state index < -0.39 is 0 Å². The van der Waals surface area contributed by atoms with Gasteiger partial charge in [-0.2, -0.15) is 0 Å². The molecule has 30 heavy (non-hydrogen) atoms. The molecule has 4 rings (SSSR count). The van der Waals surface area contributed by atoms with Gasteiger partial charge in [0.25, 0.3) is 5.91 Å². The second-order valence-electron chi connectivity index (χ2n) is 6.95. The van der Waals surface area contributed by atoms with E-state index in [2.05, 4.69) is 42.9 Å². The Kier molecular flexibility index (Phi) is 6.34. The van der Waals surface area contributed by atoms with Crippen LogP contribution in [-0.2, 0) is 6.54 Å². The van der Waals surface area contributed by atoms with E-state index in [1.165, 1.54) is 11.3 Å². The number of furan rings is 1. The lowest BCUT2D eigenvalue weighted by Crippen LogP contribution is -2.52. The van der Waals surface area contributed by atoms with Crippen molar-refractivity contribution in [2.24, 2.45) is 4.99 Å². The van der Waals surface area contributed by atoms with Crippen molar-refractivity contribution >= 4 is 33.9 Å². The fraction of sp³-hybridized carbons (Fsp3) is 0.273. The van der Waals surface area contributed by atoms with E-state index >= 15 is 0 Å². The summed E-state index contributed by atoms with van der Waals surface area (Å²) in [6.07, 6.45) is 1.48. The first-order valence-corrected chi connectivity index (χ1v) is 10.8. The zero-order valence-electron chi connectivity index (χ0n) is 16.9. The number of guanidine groups is 1. The molecule has 7 nitrogen and oxygen atoms in total. The minimum atomic E-state index is -0.257. The second-order valence-corrected chi connectivity index (χ2v) is 7.88. The maximum atomic E-state index is 12.0. The molecule has 1 aromatic carbocycles. The minimum absolute atomic E-state index is 0.257. The first-order chi connectivity index (χ1) is 14.7. The molecule has 0 radical (unpaired) electrons. The van der Waals surface area contributed by atoms with Gasteiger partial charge in [-0.05, 0) is 47.3 Å². The van der Waals surface area contributed by atoms with Crippen molar-refractivity contribution < 1.29 is 9.21 Å². The minimum Gasteiger partial charge on any atom is -0.459 e. The highest BCUT2D eigenvalue weighted by Gasteiger charge is 2.20. The van der Waals surface area contributed by atoms with E-state index in [1.54, 1.807) is 23.5 Å². The van der Waals surface area contributed by atoms with Gasteiger partial charge in [0, 0.05) is 45.5 Å². The van der Waals surface area contributed by atoms with Crippen LogP contribution in [0.4, 0.5) is 10.7 Å². The molecule has 0 aliphatic carbocycles. The summed E-state index contributed by atoms with van der Waals surface area (Å²) < 4.78 is 5.11. The van der Waals surface area contributed by atoms with Crippen molar-refractivity contribution in [1.82, 2.24) is 10.2 Å². The molecule has 0 atom stereocenters. The molecule has 1 aliphatic heterocycles. The number of nitrogens with one attached hydrogen (secondary N) is 2. The molecule has 8 heteroatoms. The number of nitrogens with zero attached hydrogens (tertiary/aromatic N) is 3. The Morgan fingerprint density at radius 3 is 2.53 bits per heavy atom. The molecule has 1 saturated heterocycles. The molecule has 1 aliphatic rings. The van der Waals surface area contributed by atoms with Crippen molar-refractivity contribution in [2.45, 2.75) is 6.54 Å². The highest BCUT2D eigenvalue weighted by molar-refractivity contribution is 7.14. The third kappa shape index (κ3) is 4.83. The lowest BCUT2D eigenvalue weighted by molar-refractivity contribution is 0.0996. The normalized spacial score (nSPS) is 14.6. The molecule has 1 amide bonds. The van der Waals surface area contributed by atoms with Crippen LogP contribution in [0.2, 0.25) is 0 Å². The Morgan fingerprint density at radius 1 is 1.10 bits per heavy atom. The Morgan fingerprint density at radius 2 is 1.90 bits per heavy atom. The number of benzene rings is 1. The molecule has 3 heterocycles. The number of thiophene rings is 1. The highest BCUT2D eigenvalue weighted by atomic mass is 32.1. The molecule has 0 bridgehead atoms. The van der Waals surface area contributed by atoms with Crippen molar-refractivity contribution in [2.75, 3.05) is 43.4 Å². The van der Waals surface area contributed by atoms with Gasteiger partial charge in [-0.15, -0.1) is 11.3 Å². The molecule has 2 aromatic heterocycles. The Balaban J connectivity index is 1.26. The van der Waals surface area contributed by atoms with Crippen LogP contribution < -0.4 is 15.5 Å². The second kappa shape index (κ2) is 9.49. The zero-order chi connectivity index (χ0) is 20.8. The van der Waals surface area contributed by atoms with Gasteiger partial charge in [0.15, 0.2) is 11.7 Å². The van der Waals surface area contributed by atoms with Gasteiger partial charge in [0.2, 0.25) is 0 Å². The monoisotopic (exact) mass is 423 g/mol. The van der Waals surface area contributed by atoms with Gasteiger partial charge >= 0.3 is 0 Å². The van der Waals surface area contributed by atoms with Gasteiger partial charge in [-0.3, -0.25) is 9.79 Å². The summed E-state index contributed by atoms with van der Waals surface area (Å²) in [5.41, 5.74) is 1.85. The predicted octanol–water partition coefficient (Wildman–Crippen LogP) is 3.49. The first kappa shape index (κ1) is 20.0. The maximum Gasteiger partial charge on any atom is 0.291 e. The van der Waals surface area contributed by atoms with Crippen LogP contribution in [0.1, 0.15) is 16.1 Å². The summed E-state index contributed by atoms with van der Waals surface area (Å²) in [7, 11) is 1.82. The number of hydrogen-bond acceptors (Lipinski definition) is 5. The summed E-state index contributed by atoms with van der Waals surface area (Å²) in [5.74, 6) is 0.952. The largest absolute Gasteiger partial charge is 0.459 e. The van der Waals surface area contributed by atoms with Crippen molar-refractivity contribution in [3.05, 3.63) is 71.5 Å². The van der Waals surface area contributed by atoms with Gasteiger partial charge in [0.1, 0.15) is 0 Å². The summed E-state index contributed by atoms with van der Waals surface area (Å²) in [4.78, 5) is 21.2. The van der Waals surface area contributed by atoms with Crippen LogP contribution in [0.5, 0.6) is 0 Å². The SMILES string of the molecule is CN=C(NCc1ccc(NC(=O)c2ccco2)cc1)N1CCN(c2cccs2)CC1. The van der Waals surface area contributed by atoms with Gasteiger partial charge in [0.05, 0.1) is 11.3 Å². The first-order valence-electron chi connectivity index (χ1n) is 9.91. The number of aliphatic imine (C=N–C) groups is 1. The molecule has 0 spiro atoms. The number of anilines is 2. The fourth-order valence-electron chi connectivity index (χ4n) is 3.41. The van der Waals surface area contributed by atoms with Crippen LogP contribution in [-0.4, -0.2) is 50.0 Å². The number of rotatable bonds is 5. The molecule has 156 valence electrons. The average Bonchev–Trinajstić information content (AvgIpc) is 3.50. The summed E-state index contributed by atoms with van der Waals surface area (Å²) in [5, 5.41) is 9.72. The summed E-state index contributed by atoms with van der Waals surface area (Å²) >= 11 is 1.79. The molecule has 1 fully saturated rings. The molecule has 2 N–H and O–H groups in total. The molecular weight excluding hydrogens is 398 g/mol. The number of carbonyl (C=O) groups is 1. The van der Waals surface area contributed by atoms with Gasteiger partial charge in [-0.25, -0.2) is 0 Å². The lowest BCUT2D eigenvalue weighted by Gasteiger charge is -2.37. The van der Waals surface area contributed by atoms with Crippen LogP contribution in [0.25, 0.3) is 0 Å². The van der Waals surface area contributed by atoms with E-state index in [9.17, 15) is 4.79 Å². The molecule has 3 aromatic rings. The Bertz CT molecular complexity index is 960. The number of piperazine rings is 1. The Hall–Kier alpha value is -3.26. The standard InChI is InChI=1S/C22H25N5O2S/c1-23-22(27-12-10-26(11-13-27)20-5-3-15-30-20)24-16-17-6-8-18(9-7-17)25-21(28)19-4-2-14-29-19/h2-9,14-15H,10-13,16H2,1H3,(H,23,24)(H,25,28). The van der Waals surface area contributed by atoms with E-state index in [1.807, 2.05) is 31.3 Å². The molecule has 0 saturated carbocycles. The lowest BCUT2D eigenvalue weighted by atomic mass is 10.2. The number of carbonyl (C=O) groups excluding carboxylic acids is 1. The van der Waals surface area contributed by atoms with Crippen molar-refractivity contribution in [3.8, 4) is 0 Å². The van der Waals surface area contributed by atoms with E-state index in [4.69, 9.17) is 4.42 Å². The third-order valence-corrected chi connectivity index (χ3v) is 5.95. The van der Waals surface area contributed by atoms with E-state index in [-0.39, 0.29) is 5.91 Å². The Labute approximate surface area is 180 Å². The smallest absolute Gasteiger partial charge is 0.291 e. The number of hydrogen-bond donors (Lipinski definition) is 2. The van der Waals surface area contributed by atoms with Gasteiger partial charge < -0.3 is 24.9 Å². The van der Waals surface area contributed by atoms with E-state index in [0.29, 0.717) is 12.3 Å². The molecular formula is C22H25N5O2S. The van der Waals surface area contributed by atoms with E-state index in [0.717, 1.165) is 43.4 Å². The number of amides is 1. The van der Waals surface area contributed by atoms with Crippen LogP contribution >= 0.6 is 11.3 Å². The van der Waals surface area contributed by atoms with Crippen molar-refractivity contribution in [3.63, 3.8) is 0 Å². The predicted molar refractivity (Wildman–Crippen MR) is 121 cm³/mol. The maximum absolute atomic E-state index is 12.0. The zero-order valence-corrected chi connectivity index (χ0v) is 17.7. The average molecular weight is 424 g/mol. The quantitative estimate of drug-likeness (QED) is 0.485. The van der Waals surface area contributed by atoms with Gasteiger partial charge in [-0.1, -0.05) is 12.1 Å². The van der Waals surface area contributed by atoms with Crippen molar-refractivity contribution in [1.29, 1.82) is 0 Å². The van der Waals surface area contributed by atoms with Crippen LogP contribution in [0, 0.1) is 0 Å². The summed E-state index contributed by atoms with van der Waals surface area (Å²) in [6.45, 7) is 4.53. The highest BCUT2D eigenvalue weighted by Crippen LogP contribution is 2.22.